The van der Waals surface area contributed by atoms with E-state index in [1.807, 2.05) is 26.0 Å². The van der Waals surface area contributed by atoms with Crippen molar-refractivity contribution < 1.29 is 17.9 Å². The first-order valence-corrected chi connectivity index (χ1v) is 14.2. The molecular weight excluding hydrogens is 454 g/mol. The lowest BCUT2D eigenvalue weighted by Gasteiger charge is -2.29. The Bertz CT molecular complexity index is 786. The van der Waals surface area contributed by atoms with E-state index in [-0.39, 0.29) is 17.8 Å². The molecule has 2 heterocycles. The fraction of sp³-hybridized carbons (Fsp3) is 0.750. The lowest BCUT2D eigenvalue weighted by molar-refractivity contribution is 0.0367. The van der Waals surface area contributed by atoms with Gasteiger partial charge in [-0.05, 0) is 57.7 Å². The number of ether oxygens (including phenoxy) is 1. The number of hydrogen-bond acceptors (Lipinski definition) is 6. The zero-order valence-corrected chi connectivity index (χ0v) is 21.7. The van der Waals surface area contributed by atoms with E-state index in [0.29, 0.717) is 26.1 Å². The summed E-state index contributed by atoms with van der Waals surface area (Å²) in [7, 11) is -3.26. The molecule has 0 aliphatic carbocycles. The molecule has 1 aromatic rings. The summed E-state index contributed by atoms with van der Waals surface area (Å²) >= 11 is 0. The van der Waals surface area contributed by atoms with Crippen LogP contribution in [0.5, 0.6) is 0 Å². The van der Waals surface area contributed by atoms with Crippen LogP contribution in [-0.2, 0) is 21.2 Å². The van der Waals surface area contributed by atoms with Gasteiger partial charge in [0.05, 0.1) is 19.0 Å². The number of hydrogen-bond donors (Lipinski definition) is 2. The molecule has 2 amide bonds. The number of carbonyl (C=O) groups is 1. The number of rotatable bonds is 16. The van der Waals surface area contributed by atoms with Gasteiger partial charge in [0.15, 0.2) is 0 Å². The summed E-state index contributed by atoms with van der Waals surface area (Å²) in [6.07, 6.45) is 8.33. The molecule has 0 bridgehead atoms. The number of sulfonamides is 1. The molecule has 1 aromatic heterocycles. The molecule has 0 aromatic carbocycles. The average Bonchev–Trinajstić information content (AvgIpc) is 2.82. The summed E-state index contributed by atoms with van der Waals surface area (Å²) in [4.78, 5) is 18.2. The Morgan fingerprint density at radius 1 is 1.12 bits per heavy atom. The summed E-state index contributed by atoms with van der Waals surface area (Å²) in [5, 5.41) is 5.70. The Hall–Kier alpha value is -1.75. The fourth-order valence-corrected chi connectivity index (χ4v) is 5.86. The third-order valence-corrected chi connectivity index (χ3v) is 8.05. The van der Waals surface area contributed by atoms with Crippen molar-refractivity contribution in [3.63, 3.8) is 0 Å². The number of carbonyl (C=O) groups excluding carboxylic acids is 1. The van der Waals surface area contributed by atoms with E-state index in [0.717, 1.165) is 70.5 Å². The molecule has 9 nitrogen and oxygen atoms in total. The van der Waals surface area contributed by atoms with Crippen LogP contribution >= 0.6 is 0 Å². The van der Waals surface area contributed by atoms with E-state index in [1.54, 1.807) is 16.7 Å². The number of unbranched alkanes of at least 4 members (excludes halogenated alkanes) is 3. The van der Waals surface area contributed by atoms with Crippen LogP contribution in [0.4, 0.5) is 4.79 Å². The van der Waals surface area contributed by atoms with Gasteiger partial charge < -0.3 is 15.4 Å². The second-order valence-corrected chi connectivity index (χ2v) is 11.1. The predicted molar refractivity (Wildman–Crippen MR) is 135 cm³/mol. The third kappa shape index (κ3) is 11.6. The van der Waals surface area contributed by atoms with Gasteiger partial charge in [-0.3, -0.25) is 9.88 Å². The van der Waals surface area contributed by atoms with Crippen LogP contribution < -0.4 is 10.6 Å². The highest BCUT2D eigenvalue weighted by atomic mass is 32.2. The zero-order chi connectivity index (χ0) is 24.7. The maximum absolute atomic E-state index is 12.9. The summed E-state index contributed by atoms with van der Waals surface area (Å²) in [5.74, 6) is 0.186. The van der Waals surface area contributed by atoms with E-state index in [2.05, 4.69) is 20.5 Å². The Kier molecular flexibility index (Phi) is 13.4. The van der Waals surface area contributed by atoms with Gasteiger partial charge in [-0.2, -0.15) is 4.31 Å². The van der Waals surface area contributed by atoms with Gasteiger partial charge in [0.2, 0.25) is 10.0 Å². The first-order chi connectivity index (χ1) is 16.4. The van der Waals surface area contributed by atoms with Crippen molar-refractivity contribution in [1.82, 2.24) is 24.8 Å². The van der Waals surface area contributed by atoms with E-state index >= 15 is 0 Å². The lowest BCUT2D eigenvalue weighted by Crippen LogP contribution is -2.42. The van der Waals surface area contributed by atoms with Crippen molar-refractivity contribution >= 4 is 16.1 Å². The Morgan fingerprint density at radius 2 is 1.85 bits per heavy atom. The van der Waals surface area contributed by atoms with Crippen LogP contribution in [0, 0.1) is 0 Å². The smallest absolute Gasteiger partial charge is 0.314 e. The van der Waals surface area contributed by atoms with Crippen molar-refractivity contribution in [2.45, 2.75) is 58.4 Å². The van der Waals surface area contributed by atoms with Gasteiger partial charge in [-0.15, -0.1) is 0 Å². The Morgan fingerprint density at radius 3 is 2.56 bits per heavy atom. The van der Waals surface area contributed by atoms with Gasteiger partial charge in [-0.1, -0.05) is 18.9 Å². The minimum atomic E-state index is -3.26. The minimum absolute atomic E-state index is 0.0319. The molecular formula is C24H43N5O4S. The Balaban J connectivity index is 1.53. The van der Waals surface area contributed by atoms with E-state index in [4.69, 9.17) is 4.74 Å². The SMILES string of the molecule is CC(C)N(CCCN1CCOCC1)S(=O)(=O)CCCCCCNC(=O)NCCc1cccnc1. The predicted octanol–water partition coefficient (Wildman–Crippen LogP) is 2.25. The molecule has 194 valence electrons. The molecule has 0 spiro atoms. The van der Waals surface area contributed by atoms with E-state index < -0.39 is 10.0 Å². The lowest BCUT2D eigenvalue weighted by atomic mass is 10.2. The van der Waals surface area contributed by atoms with Crippen LogP contribution in [0.15, 0.2) is 24.5 Å². The van der Waals surface area contributed by atoms with Crippen LogP contribution in [-0.4, -0.2) is 92.9 Å². The topological polar surface area (TPSA) is 104 Å². The van der Waals surface area contributed by atoms with Crippen LogP contribution in [0.3, 0.4) is 0 Å². The fourth-order valence-electron chi connectivity index (χ4n) is 4.00. The highest BCUT2D eigenvalue weighted by Crippen LogP contribution is 2.12. The van der Waals surface area contributed by atoms with Gasteiger partial charge in [0.1, 0.15) is 0 Å². The second-order valence-electron chi connectivity index (χ2n) is 9.04. The molecule has 34 heavy (non-hydrogen) atoms. The van der Waals surface area contributed by atoms with Crippen molar-refractivity contribution in [2.75, 3.05) is 58.2 Å². The third-order valence-electron chi connectivity index (χ3n) is 5.93. The van der Waals surface area contributed by atoms with Gasteiger partial charge >= 0.3 is 6.03 Å². The molecule has 0 atom stereocenters. The van der Waals surface area contributed by atoms with Crippen molar-refractivity contribution in [3.05, 3.63) is 30.1 Å². The number of morpholine rings is 1. The molecule has 0 unspecified atom stereocenters. The Labute approximate surface area is 205 Å². The number of nitrogens with one attached hydrogen (secondary N) is 2. The molecule has 1 aliphatic rings. The van der Waals surface area contributed by atoms with Crippen LogP contribution in [0.1, 0.15) is 51.5 Å². The van der Waals surface area contributed by atoms with E-state index in [9.17, 15) is 13.2 Å². The molecule has 1 aliphatic heterocycles. The van der Waals surface area contributed by atoms with Crippen LogP contribution in [0.25, 0.3) is 0 Å². The summed E-state index contributed by atoms with van der Waals surface area (Å²) < 4.78 is 32.7. The number of urea groups is 1. The van der Waals surface area contributed by atoms with Gasteiger partial charge in [0.25, 0.3) is 0 Å². The molecule has 10 heteroatoms. The number of amides is 2. The summed E-state index contributed by atoms with van der Waals surface area (Å²) in [6.45, 7) is 9.89. The van der Waals surface area contributed by atoms with E-state index in [1.165, 1.54) is 0 Å². The molecule has 0 saturated carbocycles. The molecule has 2 rings (SSSR count). The highest BCUT2D eigenvalue weighted by Gasteiger charge is 2.24. The largest absolute Gasteiger partial charge is 0.379 e. The summed E-state index contributed by atoms with van der Waals surface area (Å²) in [5.41, 5.74) is 1.09. The molecule has 1 fully saturated rings. The van der Waals surface area contributed by atoms with Gasteiger partial charge in [-0.25, -0.2) is 13.2 Å². The van der Waals surface area contributed by atoms with Crippen molar-refractivity contribution in [1.29, 1.82) is 0 Å². The number of nitrogens with zero attached hydrogens (tertiary/aromatic N) is 3. The zero-order valence-electron chi connectivity index (χ0n) is 20.9. The standard InChI is InChI=1S/C24H43N5O4S/c1-22(2)29(15-8-14-28-16-18-33-19-17-28)34(31,32)20-6-4-3-5-12-26-24(30)27-13-10-23-9-7-11-25-21-23/h7,9,11,21-22H,3-6,8,10,12-20H2,1-2H3,(H2,26,27,30). The van der Waals surface area contributed by atoms with Crippen molar-refractivity contribution in [3.8, 4) is 0 Å². The normalized spacial score (nSPS) is 15.1. The van der Waals surface area contributed by atoms with Gasteiger partial charge in [0, 0.05) is 51.2 Å². The molecule has 2 N–H and O–H groups in total. The minimum Gasteiger partial charge on any atom is -0.379 e. The number of aromatic nitrogens is 1. The first kappa shape index (κ1) is 28.5. The summed E-state index contributed by atoms with van der Waals surface area (Å²) in [6, 6.07) is 3.67. The monoisotopic (exact) mass is 497 g/mol. The maximum atomic E-state index is 12.9. The molecule has 1 saturated heterocycles. The average molecular weight is 498 g/mol. The molecule has 0 radical (unpaired) electrons. The quantitative estimate of drug-likeness (QED) is 0.340. The van der Waals surface area contributed by atoms with Crippen LogP contribution in [0.2, 0.25) is 0 Å². The first-order valence-electron chi connectivity index (χ1n) is 12.6. The maximum Gasteiger partial charge on any atom is 0.314 e. The second kappa shape index (κ2) is 16.0. The highest BCUT2D eigenvalue weighted by molar-refractivity contribution is 7.89. The number of pyridine rings is 1. The van der Waals surface area contributed by atoms with Crippen molar-refractivity contribution in [2.24, 2.45) is 0 Å².